The van der Waals surface area contributed by atoms with Crippen LogP contribution >= 0.6 is 0 Å². The van der Waals surface area contributed by atoms with Crippen molar-refractivity contribution in [2.75, 3.05) is 13.6 Å². The van der Waals surface area contributed by atoms with Crippen LogP contribution in [-0.2, 0) is 11.3 Å². The van der Waals surface area contributed by atoms with Gasteiger partial charge in [-0.1, -0.05) is 30.3 Å². The Kier molecular flexibility index (Phi) is 5.16. The maximum absolute atomic E-state index is 11.2. The van der Waals surface area contributed by atoms with E-state index in [-0.39, 0.29) is 12.3 Å². The highest BCUT2D eigenvalue weighted by atomic mass is 16.2. The second-order valence-corrected chi connectivity index (χ2v) is 3.89. The molecule has 0 spiro atoms. The Hall–Kier alpha value is -1.88. The minimum atomic E-state index is -0.805. The summed E-state index contributed by atoms with van der Waals surface area (Å²) in [6, 6.07) is 9.16. The Labute approximate surface area is 101 Å². The lowest BCUT2D eigenvalue weighted by molar-refractivity contribution is -0.120. The summed E-state index contributed by atoms with van der Waals surface area (Å²) < 4.78 is 0. The van der Waals surface area contributed by atoms with Gasteiger partial charge in [-0.15, -0.1) is 0 Å². The van der Waals surface area contributed by atoms with Gasteiger partial charge in [0.15, 0.2) is 0 Å². The number of benzene rings is 1. The Bertz CT molecular complexity index is 379. The first-order valence-corrected chi connectivity index (χ1v) is 5.39. The van der Waals surface area contributed by atoms with Crippen LogP contribution in [0.5, 0.6) is 0 Å². The molecule has 0 aliphatic rings. The van der Waals surface area contributed by atoms with Crippen LogP contribution in [0.2, 0.25) is 0 Å². The van der Waals surface area contributed by atoms with Crippen LogP contribution in [0.1, 0.15) is 12.0 Å². The van der Waals surface area contributed by atoms with Gasteiger partial charge in [0.25, 0.3) is 0 Å². The lowest BCUT2D eigenvalue weighted by atomic mass is 10.2. The topological polar surface area (TPSA) is 75.4 Å². The largest absolute Gasteiger partial charge is 0.351 e. The zero-order valence-electron chi connectivity index (χ0n) is 9.85. The molecule has 0 aromatic heterocycles. The molecule has 0 fully saturated rings. The van der Waals surface area contributed by atoms with Crippen LogP contribution in [0.4, 0.5) is 4.79 Å². The number of nitrogens with zero attached hydrogens (tertiary/aromatic N) is 1. The molecule has 92 valence electrons. The molecule has 1 aromatic rings. The third-order valence-electron chi connectivity index (χ3n) is 2.28. The Balaban J connectivity index is 2.28. The van der Waals surface area contributed by atoms with Crippen LogP contribution < -0.4 is 11.1 Å². The first-order chi connectivity index (χ1) is 8.08. The maximum atomic E-state index is 11.2. The van der Waals surface area contributed by atoms with E-state index in [0.29, 0.717) is 6.54 Å². The van der Waals surface area contributed by atoms with Crippen molar-refractivity contribution in [2.24, 2.45) is 5.73 Å². The van der Waals surface area contributed by atoms with E-state index in [1.807, 2.05) is 47.6 Å². The summed E-state index contributed by atoms with van der Waals surface area (Å²) in [5.41, 5.74) is 6.02. The molecule has 1 rings (SSSR count). The molecule has 0 aliphatic carbocycles. The molecule has 0 aliphatic heterocycles. The van der Waals surface area contributed by atoms with E-state index in [4.69, 9.17) is 5.73 Å². The highest BCUT2D eigenvalue weighted by Gasteiger charge is 2.06. The molecule has 0 bridgehead atoms. The smallest absolute Gasteiger partial charge is 0.318 e. The van der Waals surface area contributed by atoms with Gasteiger partial charge in [0.1, 0.15) is 0 Å². The number of rotatable bonds is 5. The first kappa shape index (κ1) is 13.2. The molecule has 3 amide bonds. The fraction of sp³-hybridized carbons (Fsp3) is 0.333. The second-order valence-electron chi connectivity index (χ2n) is 3.89. The fourth-order valence-corrected chi connectivity index (χ4v) is 1.47. The Morgan fingerprint density at radius 3 is 2.53 bits per heavy atom. The molecular formula is C12H17N3O2. The van der Waals surface area contributed by atoms with Gasteiger partial charge in [0, 0.05) is 19.5 Å². The quantitative estimate of drug-likeness (QED) is 0.789. The fourth-order valence-electron chi connectivity index (χ4n) is 1.47. The van der Waals surface area contributed by atoms with Crippen LogP contribution in [0.15, 0.2) is 30.3 Å². The van der Waals surface area contributed by atoms with Gasteiger partial charge in [0.05, 0.1) is 0 Å². The number of urea groups is 1. The van der Waals surface area contributed by atoms with Crippen molar-refractivity contribution in [3.8, 4) is 0 Å². The zero-order valence-corrected chi connectivity index (χ0v) is 9.85. The van der Waals surface area contributed by atoms with Gasteiger partial charge >= 0.3 is 6.03 Å². The molecule has 17 heavy (non-hydrogen) atoms. The molecule has 0 heterocycles. The monoisotopic (exact) mass is 235 g/mol. The minimum Gasteiger partial charge on any atom is -0.351 e. The SMILES string of the molecule is CN(CCC(=O)NC(N)=O)Cc1ccccc1. The normalized spacial score (nSPS) is 10.2. The van der Waals surface area contributed by atoms with E-state index in [9.17, 15) is 9.59 Å². The number of carbonyl (C=O) groups is 2. The number of hydrogen-bond acceptors (Lipinski definition) is 3. The highest BCUT2D eigenvalue weighted by molar-refractivity contribution is 5.93. The van der Waals surface area contributed by atoms with Crippen LogP contribution in [0.25, 0.3) is 0 Å². The molecular weight excluding hydrogens is 218 g/mol. The summed E-state index contributed by atoms with van der Waals surface area (Å²) in [6.07, 6.45) is 0.256. The van der Waals surface area contributed by atoms with E-state index in [1.54, 1.807) is 0 Å². The van der Waals surface area contributed by atoms with E-state index >= 15 is 0 Å². The number of nitrogens with two attached hydrogens (primary N) is 1. The maximum Gasteiger partial charge on any atom is 0.318 e. The van der Waals surface area contributed by atoms with Crippen molar-refractivity contribution in [1.82, 2.24) is 10.2 Å². The van der Waals surface area contributed by atoms with Crippen LogP contribution in [0.3, 0.4) is 0 Å². The number of imide groups is 1. The number of amides is 3. The summed E-state index contributed by atoms with van der Waals surface area (Å²) in [5.74, 6) is -0.350. The average Bonchev–Trinajstić information content (AvgIpc) is 2.27. The van der Waals surface area contributed by atoms with Crippen molar-refractivity contribution in [3.63, 3.8) is 0 Å². The van der Waals surface area contributed by atoms with Crippen molar-refractivity contribution >= 4 is 11.9 Å². The molecule has 0 unspecified atom stereocenters. The summed E-state index contributed by atoms with van der Waals surface area (Å²) in [5, 5.41) is 2.04. The summed E-state index contributed by atoms with van der Waals surface area (Å²) >= 11 is 0. The van der Waals surface area contributed by atoms with E-state index < -0.39 is 6.03 Å². The number of carbonyl (C=O) groups excluding carboxylic acids is 2. The summed E-state index contributed by atoms with van der Waals surface area (Å²) in [4.78, 5) is 23.6. The van der Waals surface area contributed by atoms with Crippen molar-refractivity contribution < 1.29 is 9.59 Å². The third kappa shape index (κ3) is 5.67. The molecule has 0 saturated carbocycles. The summed E-state index contributed by atoms with van der Waals surface area (Å²) in [6.45, 7) is 1.35. The highest BCUT2D eigenvalue weighted by Crippen LogP contribution is 2.02. The van der Waals surface area contributed by atoms with E-state index in [0.717, 1.165) is 6.54 Å². The van der Waals surface area contributed by atoms with E-state index in [2.05, 4.69) is 0 Å². The van der Waals surface area contributed by atoms with Crippen molar-refractivity contribution in [3.05, 3.63) is 35.9 Å². The predicted octanol–water partition coefficient (Wildman–Crippen LogP) is 0.703. The molecule has 5 heteroatoms. The van der Waals surface area contributed by atoms with Gasteiger partial charge in [-0.05, 0) is 12.6 Å². The zero-order chi connectivity index (χ0) is 12.7. The second kappa shape index (κ2) is 6.65. The van der Waals surface area contributed by atoms with Gasteiger partial charge in [-0.2, -0.15) is 0 Å². The van der Waals surface area contributed by atoms with Crippen LogP contribution in [0, 0.1) is 0 Å². The molecule has 3 N–H and O–H groups in total. The van der Waals surface area contributed by atoms with Crippen molar-refractivity contribution in [2.45, 2.75) is 13.0 Å². The first-order valence-electron chi connectivity index (χ1n) is 5.39. The number of primary amides is 1. The number of hydrogen-bond donors (Lipinski definition) is 2. The van der Waals surface area contributed by atoms with Gasteiger partial charge < -0.3 is 10.6 Å². The van der Waals surface area contributed by atoms with Crippen molar-refractivity contribution in [1.29, 1.82) is 0 Å². The molecule has 0 atom stereocenters. The van der Waals surface area contributed by atoms with Gasteiger partial charge in [-0.3, -0.25) is 10.1 Å². The van der Waals surface area contributed by atoms with Crippen LogP contribution in [-0.4, -0.2) is 30.4 Å². The Morgan fingerprint density at radius 2 is 1.94 bits per heavy atom. The standard InChI is InChI=1S/C12H17N3O2/c1-15(8-7-11(16)14-12(13)17)9-10-5-3-2-4-6-10/h2-6H,7-9H2,1H3,(H3,13,14,16,17). The molecule has 0 saturated heterocycles. The van der Waals surface area contributed by atoms with E-state index in [1.165, 1.54) is 5.56 Å². The summed E-state index contributed by atoms with van der Waals surface area (Å²) in [7, 11) is 1.92. The third-order valence-corrected chi connectivity index (χ3v) is 2.28. The molecule has 5 nitrogen and oxygen atoms in total. The minimum absolute atomic E-state index is 0.256. The average molecular weight is 235 g/mol. The lowest BCUT2D eigenvalue weighted by Gasteiger charge is -2.15. The van der Waals surface area contributed by atoms with Gasteiger partial charge in [0.2, 0.25) is 5.91 Å². The molecule has 0 radical (unpaired) electrons. The lowest BCUT2D eigenvalue weighted by Crippen LogP contribution is -2.36. The van der Waals surface area contributed by atoms with Gasteiger partial charge in [-0.25, -0.2) is 4.79 Å². The predicted molar refractivity (Wildman–Crippen MR) is 65.1 cm³/mol. The Morgan fingerprint density at radius 1 is 1.29 bits per heavy atom. The number of nitrogens with one attached hydrogen (secondary N) is 1. The molecule has 1 aromatic carbocycles.